The van der Waals surface area contributed by atoms with Crippen LogP contribution in [0.4, 0.5) is 4.79 Å². The molecule has 0 saturated heterocycles. The zero-order valence-corrected chi connectivity index (χ0v) is 12.8. The zero-order valence-electron chi connectivity index (χ0n) is 12.8. The van der Waals surface area contributed by atoms with Crippen LogP contribution in [0.1, 0.15) is 39.5 Å². The summed E-state index contributed by atoms with van der Waals surface area (Å²) in [6.45, 7) is 8.05. The highest BCUT2D eigenvalue weighted by molar-refractivity contribution is 5.80. The van der Waals surface area contributed by atoms with Crippen LogP contribution in [0.3, 0.4) is 0 Å². The average Bonchev–Trinajstić information content (AvgIpc) is 2.36. The van der Waals surface area contributed by atoms with Gasteiger partial charge < -0.3 is 14.9 Å². The molecule has 5 nitrogen and oxygen atoms in total. The lowest BCUT2D eigenvalue weighted by molar-refractivity contribution is -0.137. The standard InChI is InChI=1S/C15H26N2O3/c1-5-10-17(11-13(18)19)14(20)16(4)12-6-8-15(2,3)9-7-12/h5,12H,1,6-11H2,2-4H3,(H,18,19). The van der Waals surface area contributed by atoms with Gasteiger partial charge in [0, 0.05) is 19.6 Å². The Kier molecular flexibility index (Phi) is 5.60. The number of carbonyl (C=O) groups excluding carboxylic acids is 1. The van der Waals surface area contributed by atoms with Crippen molar-refractivity contribution in [3.63, 3.8) is 0 Å². The van der Waals surface area contributed by atoms with Gasteiger partial charge in [-0.25, -0.2) is 4.79 Å². The SMILES string of the molecule is C=CCN(CC(=O)O)C(=O)N(C)C1CCC(C)(C)CC1. The largest absolute Gasteiger partial charge is 0.480 e. The normalized spacial score (nSPS) is 18.4. The molecule has 0 heterocycles. The number of aliphatic carboxylic acids is 1. The van der Waals surface area contributed by atoms with Crippen LogP contribution in [0.5, 0.6) is 0 Å². The van der Waals surface area contributed by atoms with Crippen molar-refractivity contribution in [2.75, 3.05) is 20.1 Å². The molecule has 20 heavy (non-hydrogen) atoms. The Hall–Kier alpha value is -1.52. The molecule has 5 heteroatoms. The molecule has 0 bridgehead atoms. The van der Waals surface area contributed by atoms with Crippen molar-refractivity contribution in [2.24, 2.45) is 5.41 Å². The van der Waals surface area contributed by atoms with E-state index >= 15 is 0 Å². The first-order chi connectivity index (χ1) is 9.26. The molecular weight excluding hydrogens is 256 g/mol. The van der Waals surface area contributed by atoms with Crippen molar-refractivity contribution in [1.82, 2.24) is 9.80 Å². The fourth-order valence-corrected chi connectivity index (χ4v) is 2.68. The highest BCUT2D eigenvalue weighted by Gasteiger charge is 2.32. The lowest BCUT2D eigenvalue weighted by atomic mass is 9.75. The second kappa shape index (κ2) is 6.77. The van der Waals surface area contributed by atoms with Gasteiger partial charge >= 0.3 is 12.0 Å². The molecule has 0 atom stereocenters. The smallest absolute Gasteiger partial charge is 0.323 e. The molecular formula is C15H26N2O3. The zero-order chi connectivity index (χ0) is 15.3. The predicted molar refractivity (Wildman–Crippen MR) is 78.6 cm³/mol. The predicted octanol–water partition coefficient (Wildman–Crippen LogP) is 2.58. The Bertz CT molecular complexity index is 369. The van der Waals surface area contributed by atoms with E-state index in [1.54, 1.807) is 18.0 Å². The van der Waals surface area contributed by atoms with E-state index in [9.17, 15) is 9.59 Å². The lowest BCUT2D eigenvalue weighted by Gasteiger charge is -2.40. The molecule has 1 aliphatic carbocycles. The first-order valence-corrected chi connectivity index (χ1v) is 7.11. The van der Waals surface area contributed by atoms with E-state index in [0.29, 0.717) is 5.41 Å². The number of hydrogen-bond donors (Lipinski definition) is 1. The van der Waals surface area contributed by atoms with E-state index in [1.807, 2.05) is 0 Å². The van der Waals surface area contributed by atoms with E-state index in [-0.39, 0.29) is 25.2 Å². The fourth-order valence-electron chi connectivity index (χ4n) is 2.68. The molecule has 0 aliphatic heterocycles. The summed E-state index contributed by atoms with van der Waals surface area (Å²) < 4.78 is 0. The Balaban J connectivity index is 2.64. The first kappa shape index (κ1) is 16.5. The van der Waals surface area contributed by atoms with Crippen LogP contribution in [-0.2, 0) is 4.79 Å². The van der Waals surface area contributed by atoms with E-state index in [1.165, 1.54) is 4.90 Å². The monoisotopic (exact) mass is 282 g/mol. The number of carboxylic acid groups (broad SMARTS) is 1. The van der Waals surface area contributed by atoms with Gasteiger partial charge in [0.05, 0.1) is 0 Å². The highest BCUT2D eigenvalue weighted by atomic mass is 16.4. The molecule has 114 valence electrons. The van der Waals surface area contributed by atoms with Gasteiger partial charge in [-0.1, -0.05) is 19.9 Å². The van der Waals surface area contributed by atoms with Crippen LogP contribution < -0.4 is 0 Å². The molecule has 1 fully saturated rings. The molecule has 2 amide bonds. The van der Waals surface area contributed by atoms with Crippen LogP contribution in [0.15, 0.2) is 12.7 Å². The molecule has 0 spiro atoms. The second-order valence-corrected chi connectivity index (χ2v) is 6.35. The minimum Gasteiger partial charge on any atom is -0.480 e. The average molecular weight is 282 g/mol. The quantitative estimate of drug-likeness (QED) is 0.788. The molecule has 0 unspecified atom stereocenters. The van der Waals surface area contributed by atoms with Crippen molar-refractivity contribution in [3.05, 3.63) is 12.7 Å². The van der Waals surface area contributed by atoms with Crippen molar-refractivity contribution in [3.8, 4) is 0 Å². The number of urea groups is 1. The van der Waals surface area contributed by atoms with Crippen molar-refractivity contribution in [1.29, 1.82) is 0 Å². The summed E-state index contributed by atoms with van der Waals surface area (Å²) in [6, 6.07) is -0.0198. The van der Waals surface area contributed by atoms with Gasteiger partial charge in [0.15, 0.2) is 0 Å². The van der Waals surface area contributed by atoms with Gasteiger partial charge in [-0.2, -0.15) is 0 Å². The Morgan fingerprint density at radius 1 is 1.35 bits per heavy atom. The number of rotatable bonds is 5. The maximum Gasteiger partial charge on any atom is 0.323 e. The minimum absolute atomic E-state index is 0.205. The summed E-state index contributed by atoms with van der Waals surface area (Å²) in [5.74, 6) is -1.00. The lowest BCUT2D eigenvalue weighted by Crippen LogP contribution is -2.49. The van der Waals surface area contributed by atoms with Gasteiger partial charge in [-0.3, -0.25) is 4.79 Å². The Morgan fingerprint density at radius 3 is 2.35 bits per heavy atom. The van der Waals surface area contributed by atoms with Crippen molar-refractivity contribution < 1.29 is 14.7 Å². The van der Waals surface area contributed by atoms with Crippen LogP contribution in [0.25, 0.3) is 0 Å². The maximum absolute atomic E-state index is 12.4. The topological polar surface area (TPSA) is 60.9 Å². The number of amides is 2. The molecule has 0 radical (unpaired) electrons. The number of nitrogens with zero attached hydrogens (tertiary/aromatic N) is 2. The molecule has 1 saturated carbocycles. The molecule has 1 rings (SSSR count). The van der Waals surface area contributed by atoms with Crippen molar-refractivity contribution >= 4 is 12.0 Å². The van der Waals surface area contributed by atoms with Gasteiger partial charge in [-0.05, 0) is 31.1 Å². The first-order valence-electron chi connectivity index (χ1n) is 7.11. The van der Waals surface area contributed by atoms with Gasteiger partial charge in [0.25, 0.3) is 0 Å². The molecule has 1 aliphatic rings. The molecule has 0 aromatic carbocycles. The minimum atomic E-state index is -1.00. The van der Waals surface area contributed by atoms with Crippen LogP contribution in [0.2, 0.25) is 0 Å². The Labute approximate surface area is 121 Å². The Morgan fingerprint density at radius 2 is 1.90 bits per heavy atom. The fraction of sp³-hybridized carbons (Fsp3) is 0.733. The molecule has 0 aromatic heterocycles. The summed E-state index contributed by atoms with van der Waals surface area (Å²) in [6.07, 6.45) is 5.69. The highest BCUT2D eigenvalue weighted by Crippen LogP contribution is 2.36. The van der Waals surface area contributed by atoms with Crippen LogP contribution >= 0.6 is 0 Å². The third-order valence-electron chi connectivity index (χ3n) is 4.10. The summed E-state index contributed by atoms with van der Waals surface area (Å²) in [4.78, 5) is 26.2. The summed E-state index contributed by atoms with van der Waals surface area (Å²) in [7, 11) is 1.77. The van der Waals surface area contributed by atoms with Crippen LogP contribution in [0, 0.1) is 5.41 Å². The summed E-state index contributed by atoms with van der Waals surface area (Å²) in [5.41, 5.74) is 0.349. The van der Waals surface area contributed by atoms with Crippen molar-refractivity contribution in [2.45, 2.75) is 45.6 Å². The third-order valence-corrected chi connectivity index (χ3v) is 4.10. The number of hydrogen-bond acceptors (Lipinski definition) is 2. The number of carboxylic acids is 1. The summed E-state index contributed by atoms with van der Waals surface area (Å²) >= 11 is 0. The van der Waals surface area contributed by atoms with E-state index in [0.717, 1.165) is 25.7 Å². The van der Waals surface area contributed by atoms with E-state index in [4.69, 9.17) is 5.11 Å². The second-order valence-electron chi connectivity index (χ2n) is 6.35. The van der Waals surface area contributed by atoms with E-state index < -0.39 is 5.97 Å². The van der Waals surface area contributed by atoms with Crippen LogP contribution in [-0.4, -0.2) is 53.1 Å². The number of carbonyl (C=O) groups is 2. The molecule has 1 N–H and O–H groups in total. The summed E-state index contributed by atoms with van der Waals surface area (Å²) in [5, 5.41) is 8.87. The van der Waals surface area contributed by atoms with Gasteiger partial charge in [-0.15, -0.1) is 6.58 Å². The molecule has 0 aromatic rings. The maximum atomic E-state index is 12.4. The van der Waals surface area contributed by atoms with Gasteiger partial charge in [0.1, 0.15) is 6.54 Å². The third kappa shape index (κ3) is 4.54. The van der Waals surface area contributed by atoms with E-state index in [2.05, 4.69) is 20.4 Å². The van der Waals surface area contributed by atoms with Gasteiger partial charge in [0.2, 0.25) is 0 Å².